The number of anilines is 2. The van der Waals surface area contributed by atoms with Gasteiger partial charge in [-0.25, -0.2) is 4.68 Å². The molecule has 0 saturated carbocycles. The molecule has 3 N–H and O–H groups in total. The van der Waals surface area contributed by atoms with E-state index in [0.29, 0.717) is 23.0 Å². The summed E-state index contributed by atoms with van der Waals surface area (Å²) in [5.74, 6) is 0.578. The van der Waals surface area contributed by atoms with E-state index in [4.69, 9.17) is 5.73 Å². The maximum Gasteiger partial charge on any atom is 0.225 e. The quantitative estimate of drug-likeness (QED) is 0.635. The number of tetrazole rings is 1. The number of hydrogen-bond donors (Lipinski definition) is 2. The Kier molecular flexibility index (Phi) is 4.57. The van der Waals surface area contributed by atoms with Crippen LogP contribution in [0, 0.1) is 6.92 Å². The first-order valence-corrected chi connectivity index (χ1v) is 7.06. The third-order valence-electron chi connectivity index (χ3n) is 2.67. The van der Waals surface area contributed by atoms with Crippen molar-refractivity contribution in [3.63, 3.8) is 0 Å². The molecule has 2 rings (SSSR count). The summed E-state index contributed by atoms with van der Waals surface area (Å²) in [6.07, 6.45) is 0.390. The van der Waals surface area contributed by atoms with Crippen molar-refractivity contribution in [2.45, 2.75) is 18.5 Å². The van der Waals surface area contributed by atoms with Gasteiger partial charge in [0.15, 0.2) is 0 Å². The Labute approximate surface area is 120 Å². The number of hydrogen-bond acceptors (Lipinski definition) is 6. The van der Waals surface area contributed by atoms with Crippen molar-refractivity contribution in [1.82, 2.24) is 20.2 Å². The minimum Gasteiger partial charge on any atom is -0.399 e. The summed E-state index contributed by atoms with van der Waals surface area (Å²) in [6, 6.07) is 5.40. The van der Waals surface area contributed by atoms with E-state index in [9.17, 15) is 4.79 Å². The van der Waals surface area contributed by atoms with E-state index in [1.807, 2.05) is 19.1 Å². The van der Waals surface area contributed by atoms with Gasteiger partial charge in [0.2, 0.25) is 11.1 Å². The van der Waals surface area contributed by atoms with Crippen molar-refractivity contribution in [2.24, 2.45) is 7.05 Å². The number of aromatic nitrogens is 4. The Morgan fingerprint density at radius 3 is 2.95 bits per heavy atom. The van der Waals surface area contributed by atoms with Crippen molar-refractivity contribution >= 4 is 29.0 Å². The standard InChI is InChI=1S/C12H16N6OS/c1-8-7-9(13)3-4-10(8)14-11(19)5-6-20-12-15-16-17-18(12)2/h3-4,7H,5-6,13H2,1-2H3,(H,14,19). The van der Waals surface area contributed by atoms with E-state index >= 15 is 0 Å². The van der Waals surface area contributed by atoms with Gasteiger partial charge in [0.25, 0.3) is 0 Å². The summed E-state index contributed by atoms with van der Waals surface area (Å²) in [4.78, 5) is 11.8. The van der Waals surface area contributed by atoms with Crippen LogP contribution in [0.1, 0.15) is 12.0 Å². The lowest BCUT2D eigenvalue weighted by Crippen LogP contribution is -2.13. The van der Waals surface area contributed by atoms with Crippen LogP contribution in [-0.4, -0.2) is 31.9 Å². The molecule has 1 aromatic heterocycles. The number of nitrogen functional groups attached to an aromatic ring is 1. The van der Waals surface area contributed by atoms with Crippen LogP contribution in [0.5, 0.6) is 0 Å². The fourth-order valence-electron chi connectivity index (χ4n) is 1.62. The highest BCUT2D eigenvalue weighted by Crippen LogP contribution is 2.18. The lowest BCUT2D eigenvalue weighted by Gasteiger charge is -2.08. The highest BCUT2D eigenvalue weighted by Gasteiger charge is 2.07. The Morgan fingerprint density at radius 2 is 2.30 bits per heavy atom. The van der Waals surface area contributed by atoms with Crippen LogP contribution in [0.3, 0.4) is 0 Å². The van der Waals surface area contributed by atoms with Crippen LogP contribution in [-0.2, 0) is 11.8 Å². The molecule has 1 heterocycles. The fourth-order valence-corrected chi connectivity index (χ4v) is 2.41. The van der Waals surface area contributed by atoms with E-state index in [0.717, 1.165) is 11.3 Å². The summed E-state index contributed by atoms with van der Waals surface area (Å²) in [7, 11) is 1.76. The van der Waals surface area contributed by atoms with Gasteiger partial charge in [-0.3, -0.25) is 4.79 Å². The van der Waals surface area contributed by atoms with Crippen molar-refractivity contribution in [3.8, 4) is 0 Å². The lowest BCUT2D eigenvalue weighted by molar-refractivity contribution is -0.115. The van der Waals surface area contributed by atoms with Crippen LogP contribution in [0.2, 0.25) is 0 Å². The molecule has 0 saturated heterocycles. The number of thioether (sulfide) groups is 1. The first kappa shape index (κ1) is 14.3. The zero-order chi connectivity index (χ0) is 14.5. The normalized spacial score (nSPS) is 10.5. The van der Waals surface area contributed by atoms with Gasteiger partial charge in [-0.2, -0.15) is 0 Å². The largest absolute Gasteiger partial charge is 0.399 e. The van der Waals surface area contributed by atoms with Gasteiger partial charge in [-0.1, -0.05) is 11.8 Å². The van der Waals surface area contributed by atoms with E-state index in [1.54, 1.807) is 17.8 Å². The first-order valence-electron chi connectivity index (χ1n) is 6.07. The van der Waals surface area contributed by atoms with E-state index in [2.05, 4.69) is 20.8 Å². The van der Waals surface area contributed by atoms with Gasteiger partial charge >= 0.3 is 0 Å². The average Bonchev–Trinajstić information content (AvgIpc) is 2.79. The smallest absolute Gasteiger partial charge is 0.225 e. The Hall–Kier alpha value is -2.09. The van der Waals surface area contributed by atoms with Crippen LogP contribution in [0.25, 0.3) is 0 Å². The maximum absolute atomic E-state index is 11.8. The van der Waals surface area contributed by atoms with Crippen molar-refractivity contribution in [2.75, 3.05) is 16.8 Å². The molecule has 0 unspecified atom stereocenters. The monoisotopic (exact) mass is 292 g/mol. The number of benzene rings is 1. The summed E-state index contributed by atoms with van der Waals surface area (Å²) in [5, 5.41) is 14.7. The number of nitrogens with zero attached hydrogens (tertiary/aromatic N) is 4. The minimum atomic E-state index is -0.0412. The topological polar surface area (TPSA) is 98.7 Å². The van der Waals surface area contributed by atoms with Crippen LogP contribution < -0.4 is 11.1 Å². The molecule has 0 fully saturated rings. The second-order valence-corrected chi connectivity index (χ2v) is 5.37. The summed E-state index contributed by atoms with van der Waals surface area (Å²) in [5.41, 5.74) is 8.09. The van der Waals surface area contributed by atoms with Crippen molar-refractivity contribution in [1.29, 1.82) is 0 Å². The maximum atomic E-state index is 11.8. The van der Waals surface area contributed by atoms with Gasteiger partial charge in [0.1, 0.15) is 0 Å². The molecule has 106 valence electrons. The van der Waals surface area contributed by atoms with Crippen LogP contribution >= 0.6 is 11.8 Å². The Balaban J connectivity index is 1.82. The molecule has 1 aromatic carbocycles. The third kappa shape index (κ3) is 3.70. The van der Waals surface area contributed by atoms with Crippen LogP contribution in [0.15, 0.2) is 23.4 Å². The Bertz CT molecular complexity index is 612. The summed E-state index contributed by atoms with van der Waals surface area (Å²) >= 11 is 1.45. The third-order valence-corrected chi connectivity index (χ3v) is 3.68. The molecule has 0 radical (unpaired) electrons. The number of amides is 1. The van der Waals surface area contributed by atoms with E-state index < -0.39 is 0 Å². The molecule has 0 spiro atoms. The number of carbonyl (C=O) groups excluding carboxylic acids is 1. The van der Waals surface area contributed by atoms with Gasteiger partial charge in [-0.15, -0.1) is 5.10 Å². The molecule has 0 aliphatic rings. The number of rotatable bonds is 5. The molecule has 8 heteroatoms. The van der Waals surface area contributed by atoms with Crippen molar-refractivity contribution in [3.05, 3.63) is 23.8 Å². The molecule has 0 bridgehead atoms. The molecule has 0 atom stereocenters. The van der Waals surface area contributed by atoms with E-state index in [-0.39, 0.29) is 5.91 Å². The number of nitrogens with two attached hydrogens (primary N) is 1. The molecule has 20 heavy (non-hydrogen) atoms. The predicted octanol–water partition coefficient (Wildman–Crippen LogP) is 1.22. The van der Waals surface area contributed by atoms with E-state index in [1.165, 1.54) is 11.8 Å². The van der Waals surface area contributed by atoms with Gasteiger partial charge in [0, 0.05) is 30.6 Å². The predicted molar refractivity (Wildman–Crippen MR) is 78.4 cm³/mol. The minimum absolute atomic E-state index is 0.0412. The number of aryl methyl sites for hydroxylation is 2. The summed E-state index contributed by atoms with van der Waals surface area (Å²) in [6.45, 7) is 1.91. The number of nitrogens with one attached hydrogen (secondary N) is 1. The fraction of sp³-hybridized carbons (Fsp3) is 0.333. The zero-order valence-corrected chi connectivity index (χ0v) is 12.1. The van der Waals surface area contributed by atoms with Gasteiger partial charge in [0.05, 0.1) is 0 Å². The zero-order valence-electron chi connectivity index (χ0n) is 11.3. The second kappa shape index (κ2) is 6.38. The highest BCUT2D eigenvalue weighted by atomic mass is 32.2. The van der Waals surface area contributed by atoms with Gasteiger partial charge in [-0.05, 0) is 41.1 Å². The number of carbonyl (C=O) groups is 1. The average molecular weight is 292 g/mol. The van der Waals surface area contributed by atoms with Crippen LogP contribution in [0.4, 0.5) is 11.4 Å². The summed E-state index contributed by atoms with van der Waals surface area (Å²) < 4.78 is 1.58. The Morgan fingerprint density at radius 1 is 1.50 bits per heavy atom. The van der Waals surface area contributed by atoms with Crippen molar-refractivity contribution < 1.29 is 4.79 Å². The molecule has 0 aliphatic heterocycles. The molecule has 7 nitrogen and oxygen atoms in total. The molecule has 0 aliphatic carbocycles. The molecular formula is C12H16N6OS. The first-order chi connectivity index (χ1) is 9.56. The second-order valence-electron chi connectivity index (χ2n) is 4.31. The van der Waals surface area contributed by atoms with Gasteiger partial charge < -0.3 is 11.1 Å². The SMILES string of the molecule is Cc1cc(N)ccc1NC(=O)CCSc1nnnn1C. The molecule has 1 amide bonds. The molecular weight excluding hydrogens is 276 g/mol. The molecule has 2 aromatic rings. The highest BCUT2D eigenvalue weighted by molar-refractivity contribution is 7.99. The lowest BCUT2D eigenvalue weighted by atomic mass is 10.2.